The molecule has 1 amide bonds. The fourth-order valence-corrected chi connectivity index (χ4v) is 4.16. The van der Waals surface area contributed by atoms with Crippen LogP contribution in [0.5, 0.6) is 0 Å². The van der Waals surface area contributed by atoms with Crippen molar-refractivity contribution in [2.24, 2.45) is 11.8 Å². The molecule has 0 N–H and O–H groups in total. The molecule has 0 bridgehead atoms. The summed E-state index contributed by atoms with van der Waals surface area (Å²) in [6.07, 6.45) is 1.82. The molecule has 2 aliphatic heterocycles. The molecule has 0 unspecified atom stereocenters. The van der Waals surface area contributed by atoms with Gasteiger partial charge < -0.3 is 9.64 Å². The Labute approximate surface area is 152 Å². The summed E-state index contributed by atoms with van der Waals surface area (Å²) >= 11 is 0. The Kier molecular flexibility index (Phi) is 3.57. The number of amides is 1. The number of likely N-dealkylation sites (tertiary alicyclic amines) is 1. The van der Waals surface area contributed by atoms with Crippen molar-refractivity contribution in [3.8, 4) is 5.69 Å². The lowest BCUT2D eigenvalue weighted by Gasteiger charge is -2.17. The molecule has 26 heavy (non-hydrogen) atoms. The number of nitrogens with zero attached hydrogens (tertiary/aromatic N) is 3. The lowest BCUT2D eigenvalue weighted by molar-refractivity contribution is 0.0751. The second kappa shape index (κ2) is 5.95. The van der Waals surface area contributed by atoms with Crippen LogP contribution >= 0.6 is 0 Å². The number of hydrogen-bond acceptors (Lipinski definition) is 3. The normalized spacial score (nSPS) is 22.1. The molecule has 3 heterocycles. The van der Waals surface area contributed by atoms with Gasteiger partial charge in [-0.25, -0.2) is 4.98 Å². The van der Waals surface area contributed by atoms with Gasteiger partial charge in [0, 0.05) is 36.2 Å². The van der Waals surface area contributed by atoms with Crippen LogP contribution in [0, 0.1) is 18.8 Å². The number of hydrogen-bond donors (Lipinski definition) is 0. The number of rotatable bonds is 2. The Bertz CT molecular complexity index is 982. The van der Waals surface area contributed by atoms with Gasteiger partial charge in [-0.15, -0.1) is 0 Å². The number of carbonyl (C=O) groups is 1. The number of benzene rings is 2. The first-order valence-electron chi connectivity index (χ1n) is 9.10. The van der Waals surface area contributed by atoms with Gasteiger partial charge in [-0.1, -0.05) is 12.1 Å². The molecule has 2 aliphatic rings. The summed E-state index contributed by atoms with van der Waals surface area (Å²) in [5.74, 6) is 1.11. The lowest BCUT2D eigenvalue weighted by Crippen LogP contribution is -2.30. The number of fused-ring (bicyclic) bond motifs is 2. The lowest BCUT2D eigenvalue weighted by atomic mass is 10.0. The molecule has 2 aromatic carbocycles. The second-order valence-corrected chi connectivity index (χ2v) is 7.42. The molecular weight excluding hydrogens is 326 g/mol. The van der Waals surface area contributed by atoms with Crippen molar-refractivity contribution in [1.29, 1.82) is 0 Å². The number of ether oxygens (including phenoxy) is 1. The van der Waals surface area contributed by atoms with E-state index in [1.54, 1.807) is 0 Å². The van der Waals surface area contributed by atoms with Crippen molar-refractivity contribution >= 4 is 16.9 Å². The van der Waals surface area contributed by atoms with Crippen LogP contribution in [0.2, 0.25) is 0 Å². The summed E-state index contributed by atoms with van der Waals surface area (Å²) in [6.45, 7) is 5.26. The van der Waals surface area contributed by atoms with Gasteiger partial charge >= 0.3 is 0 Å². The molecule has 5 nitrogen and oxygen atoms in total. The molecule has 5 heteroatoms. The molecule has 0 radical (unpaired) electrons. The first-order chi connectivity index (χ1) is 12.7. The Morgan fingerprint density at radius 1 is 1.12 bits per heavy atom. The van der Waals surface area contributed by atoms with Crippen LogP contribution in [0.4, 0.5) is 0 Å². The molecule has 5 rings (SSSR count). The standard InChI is InChI=1S/C21H21N3O2/c1-14-3-2-4-18(7-14)24-13-22-19-8-15(5-6-20(19)24)21(25)23-9-16-11-26-12-17(16)10-23/h2-8,13,16-17H,9-12H2,1H3/t16-,17+. The van der Waals surface area contributed by atoms with Crippen LogP contribution in [0.1, 0.15) is 15.9 Å². The highest BCUT2D eigenvalue weighted by atomic mass is 16.5. The van der Waals surface area contributed by atoms with Gasteiger partial charge in [-0.2, -0.15) is 0 Å². The summed E-state index contributed by atoms with van der Waals surface area (Å²) in [7, 11) is 0. The highest BCUT2D eigenvalue weighted by Crippen LogP contribution is 2.30. The van der Waals surface area contributed by atoms with Crippen LogP contribution in [0.15, 0.2) is 48.8 Å². The molecule has 0 spiro atoms. The van der Waals surface area contributed by atoms with Crippen LogP contribution in [-0.2, 0) is 4.74 Å². The Morgan fingerprint density at radius 3 is 2.69 bits per heavy atom. The van der Waals surface area contributed by atoms with Crippen molar-refractivity contribution < 1.29 is 9.53 Å². The molecule has 132 valence electrons. The highest BCUT2D eigenvalue weighted by Gasteiger charge is 2.39. The number of aromatic nitrogens is 2. The van der Waals surface area contributed by atoms with E-state index in [4.69, 9.17) is 4.74 Å². The molecule has 2 fully saturated rings. The monoisotopic (exact) mass is 347 g/mol. The quantitative estimate of drug-likeness (QED) is 0.716. The Balaban J connectivity index is 1.45. The fourth-order valence-electron chi connectivity index (χ4n) is 4.16. The van der Waals surface area contributed by atoms with Gasteiger partial charge in [0.1, 0.15) is 6.33 Å². The van der Waals surface area contributed by atoms with Crippen LogP contribution in [-0.4, -0.2) is 46.7 Å². The van der Waals surface area contributed by atoms with Crippen LogP contribution in [0.25, 0.3) is 16.7 Å². The summed E-state index contributed by atoms with van der Waals surface area (Å²) in [4.78, 5) is 19.4. The Hall–Kier alpha value is -2.66. The van der Waals surface area contributed by atoms with E-state index < -0.39 is 0 Å². The second-order valence-electron chi connectivity index (χ2n) is 7.42. The van der Waals surface area contributed by atoms with Gasteiger partial charge in [0.25, 0.3) is 5.91 Å². The zero-order chi connectivity index (χ0) is 17.7. The third kappa shape index (κ3) is 2.51. The fraction of sp³-hybridized carbons (Fsp3) is 0.333. The van der Waals surface area contributed by atoms with E-state index in [0.29, 0.717) is 17.4 Å². The topological polar surface area (TPSA) is 47.4 Å². The highest BCUT2D eigenvalue weighted by molar-refractivity contribution is 5.97. The number of aryl methyl sites for hydroxylation is 1. The number of imidazole rings is 1. The molecular formula is C21H21N3O2. The zero-order valence-electron chi connectivity index (χ0n) is 14.8. The van der Waals surface area contributed by atoms with Crippen molar-refractivity contribution in [3.63, 3.8) is 0 Å². The first-order valence-corrected chi connectivity index (χ1v) is 9.10. The summed E-state index contributed by atoms with van der Waals surface area (Å²) in [6, 6.07) is 14.2. The smallest absolute Gasteiger partial charge is 0.253 e. The van der Waals surface area contributed by atoms with E-state index in [9.17, 15) is 4.79 Å². The minimum Gasteiger partial charge on any atom is -0.381 e. The number of carbonyl (C=O) groups excluding carboxylic acids is 1. The third-order valence-corrected chi connectivity index (χ3v) is 5.60. The van der Waals surface area contributed by atoms with Gasteiger partial charge in [-0.3, -0.25) is 9.36 Å². The van der Waals surface area contributed by atoms with Crippen LogP contribution < -0.4 is 0 Å². The van der Waals surface area contributed by atoms with Crippen molar-refractivity contribution in [2.45, 2.75) is 6.92 Å². The van der Waals surface area contributed by atoms with Gasteiger partial charge in [-0.05, 0) is 42.8 Å². The van der Waals surface area contributed by atoms with E-state index >= 15 is 0 Å². The summed E-state index contributed by atoms with van der Waals surface area (Å²) in [5.41, 5.74) is 4.87. The zero-order valence-corrected chi connectivity index (χ0v) is 14.8. The molecule has 2 atom stereocenters. The van der Waals surface area contributed by atoms with Gasteiger partial charge in [0.2, 0.25) is 0 Å². The first kappa shape index (κ1) is 15.6. The van der Waals surface area contributed by atoms with Gasteiger partial charge in [0.05, 0.1) is 24.2 Å². The Morgan fingerprint density at radius 2 is 1.92 bits per heavy atom. The SMILES string of the molecule is Cc1cccc(-n2cnc3cc(C(=O)N4C[C@H]5COC[C@H]5C4)ccc32)c1. The maximum atomic E-state index is 12.9. The van der Waals surface area contributed by atoms with E-state index in [-0.39, 0.29) is 5.91 Å². The van der Waals surface area contributed by atoms with E-state index in [1.165, 1.54) is 5.56 Å². The summed E-state index contributed by atoms with van der Waals surface area (Å²) in [5, 5.41) is 0. The molecule has 2 saturated heterocycles. The minimum absolute atomic E-state index is 0.103. The maximum Gasteiger partial charge on any atom is 0.253 e. The molecule has 1 aromatic heterocycles. The third-order valence-electron chi connectivity index (χ3n) is 5.60. The average molecular weight is 347 g/mol. The molecule has 0 aliphatic carbocycles. The average Bonchev–Trinajstić information content (AvgIpc) is 3.34. The summed E-state index contributed by atoms with van der Waals surface area (Å²) < 4.78 is 7.57. The predicted molar refractivity (Wildman–Crippen MR) is 99.5 cm³/mol. The van der Waals surface area contributed by atoms with Crippen LogP contribution in [0.3, 0.4) is 0 Å². The minimum atomic E-state index is 0.103. The van der Waals surface area contributed by atoms with Crippen molar-refractivity contribution in [3.05, 3.63) is 59.9 Å². The predicted octanol–water partition coefficient (Wildman–Crippen LogP) is 3.05. The molecule has 0 saturated carbocycles. The van der Waals surface area contributed by atoms with E-state index in [2.05, 4.69) is 34.7 Å². The van der Waals surface area contributed by atoms with Crippen molar-refractivity contribution in [2.75, 3.05) is 26.3 Å². The largest absolute Gasteiger partial charge is 0.381 e. The van der Waals surface area contributed by atoms with E-state index in [0.717, 1.165) is 43.0 Å². The van der Waals surface area contributed by atoms with E-state index in [1.807, 2.05) is 35.5 Å². The molecule has 3 aromatic rings. The van der Waals surface area contributed by atoms with Crippen molar-refractivity contribution in [1.82, 2.24) is 14.5 Å². The van der Waals surface area contributed by atoms with Gasteiger partial charge in [0.15, 0.2) is 0 Å². The maximum absolute atomic E-state index is 12.9.